The molecule has 0 aliphatic carbocycles. The van der Waals surface area contributed by atoms with Crippen LogP contribution in [0.4, 0.5) is 4.39 Å². The van der Waals surface area contributed by atoms with Crippen molar-refractivity contribution < 1.29 is 9.13 Å². The first-order chi connectivity index (χ1) is 11.5. The molecule has 0 saturated carbocycles. The quantitative estimate of drug-likeness (QED) is 0.519. The van der Waals surface area contributed by atoms with Crippen molar-refractivity contribution in [1.29, 1.82) is 0 Å². The molecule has 1 rings (SSSR count). The van der Waals surface area contributed by atoms with Crippen LogP contribution in [0.15, 0.2) is 60.4 Å². The molecule has 0 amide bonds. The average molecular weight is 332 g/mol. The van der Waals surface area contributed by atoms with Gasteiger partial charge < -0.3 is 15.4 Å². The fraction of sp³-hybridized carbons (Fsp3) is 0.400. The lowest BCUT2D eigenvalue weighted by Gasteiger charge is -2.22. The van der Waals surface area contributed by atoms with E-state index in [-0.39, 0.29) is 11.9 Å². The van der Waals surface area contributed by atoms with Crippen LogP contribution in [0.5, 0.6) is 0 Å². The Bertz CT molecular complexity index is 581. The minimum atomic E-state index is -0.216. The SMILES string of the molecule is C=C/C(=C\C(=C/C)OCC(N)CN(C)Cc1cccc(F)c1)CC. The Labute approximate surface area is 145 Å². The van der Waals surface area contributed by atoms with Crippen LogP contribution in [0.1, 0.15) is 25.8 Å². The summed E-state index contributed by atoms with van der Waals surface area (Å²) in [5.74, 6) is 0.585. The Hall–Kier alpha value is -1.91. The molecule has 1 aromatic carbocycles. The Balaban J connectivity index is 2.46. The number of hydrogen-bond donors (Lipinski definition) is 1. The van der Waals surface area contributed by atoms with Gasteiger partial charge in [0.2, 0.25) is 0 Å². The summed E-state index contributed by atoms with van der Waals surface area (Å²) in [5.41, 5.74) is 8.20. The number of halogens is 1. The third kappa shape index (κ3) is 7.57. The highest BCUT2D eigenvalue weighted by atomic mass is 19.1. The molecule has 24 heavy (non-hydrogen) atoms. The number of nitrogens with zero attached hydrogens (tertiary/aromatic N) is 1. The molecular formula is C20H29FN2O. The van der Waals surface area contributed by atoms with Gasteiger partial charge in [0.15, 0.2) is 0 Å². The standard InChI is InChI=1S/C20H29FN2O/c1-5-16(6-2)12-20(7-3)24-15-19(22)14-23(4)13-17-9-8-10-18(21)11-17/h5,7-12,19H,1,6,13-15,22H2,2-4H3/b16-12+,20-7+. The lowest BCUT2D eigenvalue weighted by molar-refractivity contribution is 0.178. The molecule has 0 radical (unpaired) electrons. The summed E-state index contributed by atoms with van der Waals surface area (Å²) in [7, 11) is 1.97. The van der Waals surface area contributed by atoms with Crippen molar-refractivity contribution in [3.63, 3.8) is 0 Å². The van der Waals surface area contributed by atoms with E-state index in [1.165, 1.54) is 6.07 Å². The molecule has 0 saturated heterocycles. The molecule has 0 spiro atoms. The van der Waals surface area contributed by atoms with Gasteiger partial charge in [-0.1, -0.05) is 31.7 Å². The molecule has 4 heteroatoms. The zero-order valence-electron chi connectivity index (χ0n) is 15.0. The molecular weight excluding hydrogens is 303 g/mol. The van der Waals surface area contributed by atoms with Crippen LogP contribution < -0.4 is 5.73 Å². The smallest absolute Gasteiger partial charge is 0.123 e. The molecule has 0 aliphatic rings. The van der Waals surface area contributed by atoms with Crippen LogP contribution in [0.3, 0.4) is 0 Å². The lowest BCUT2D eigenvalue weighted by atomic mass is 10.2. The fourth-order valence-electron chi connectivity index (χ4n) is 2.36. The van der Waals surface area contributed by atoms with Crippen molar-refractivity contribution in [2.24, 2.45) is 5.73 Å². The summed E-state index contributed by atoms with van der Waals surface area (Å²) in [5, 5.41) is 0. The summed E-state index contributed by atoms with van der Waals surface area (Å²) in [4.78, 5) is 2.06. The van der Waals surface area contributed by atoms with Gasteiger partial charge in [0.25, 0.3) is 0 Å². The number of benzene rings is 1. The van der Waals surface area contributed by atoms with E-state index in [1.54, 1.807) is 12.1 Å². The maximum atomic E-state index is 13.2. The number of hydrogen-bond acceptors (Lipinski definition) is 3. The Morgan fingerprint density at radius 2 is 2.21 bits per heavy atom. The van der Waals surface area contributed by atoms with E-state index in [0.29, 0.717) is 19.7 Å². The summed E-state index contributed by atoms with van der Waals surface area (Å²) in [6.07, 6.45) is 6.64. The first-order valence-electron chi connectivity index (χ1n) is 8.29. The van der Waals surface area contributed by atoms with E-state index in [4.69, 9.17) is 10.5 Å². The maximum absolute atomic E-state index is 13.2. The molecule has 0 aliphatic heterocycles. The van der Waals surface area contributed by atoms with Gasteiger partial charge in [-0.25, -0.2) is 4.39 Å². The molecule has 1 unspecified atom stereocenters. The summed E-state index contributed by atoms with van der Waals surface area (Å²) in [6.45, 7) is 9.55. The van der Waals surface area contributed by atoms with Gasteiger partial charge in [0.05, 0.1) is 6.04 Å². The molecule has 0 aromatic heterocycles. The predicted molar refractivity (Wildman–Crippen MR) is 99.0 cm³/mol. The third-order valence-electron chi connectivity index (χ3n) is 3.63. The predicted octanol–water partition coefficient (Wildman–Crippen LogP) is 4.03. The molecule has 1 atom stereocenters. The number of allylic oxidation sites excluding steroid dienone is 4. The molecule has 1 aromatic rings. The number of ether oxygens (including phenoxy) is 1. The number of rotatable bonds is 10. The second kappa shape index (κ2) is 10.8. The highest BCUT2D eigenvalue weighted by Gasteiger charge is 2.09. The minimum Gasteiger partial charge on any atom is -0.492 e. The Morgan fingerprint density at radius 1 is 1.46 bits per heavy atom. The van der Waals surface area contributed by atoms with Gasteiger partial charge >= 0.3 is 0 Å². The van der Waals surface area contributed by atoms with Gasteiger partial charge in [-0.15, -0.1) is 0 Å². The van der Waals surface area contributed by atoms with E-state index in [1.807, 2.05) is 38.3 Å². The van der Waals surface area contributed by atoms with Crippen LogP contribution in [0.2, 0.25) is 0 Å². The Kier molecular flexibility index (Phi) is 9.05. The topological polar surface area (TPSA) is 38.5 Å². The largest absolute Gasteiger partial charge is 0.492 e. The van der Waals surface area contributed by atoms with E-state index >= 15 is 0 Å². The highest BCUT2D eigenvalue weighted by Crippen LogP contribution is 2.10. The van der Waals surface area contributed by atoms with Gasteiger partial charge in [-0.05, 0) is 55.8 Å². The van der Waals surface area contributed by atoms with Gasteiger partial charge in [-0.2, -0.15) is 0 Å². The second-order valence-corrected chi connectivity index (χ2v) is 5.87. The molecule has 132 valence electrons. The zero-order chi connectivity index (χ0) is 17.9. The van der Waals surface area contributed by atoms with Crippen LogP contribution in [0, 0.1) is 5.82 Å². The minimum absolute atomic E-state index is 0.124. The highest BCUT2D eigenvalue weighted by molar-refractivity contribution is 5.25. The number of likely N-dealkylation sites (N-methyl/N-ethyl adjacent to an activating group) is 1. The van der Waals surface area contributed by atoms with Crippen LogP contribution in [0.25, 0.3) is 0 Å². The van der Waals surface area contributed by atoms with E-state index in [2.05, 4.69) is 18.4 Å². The van der Waals surface area contributed by atoms with Crippen molar-refractivity contribution in [1.82, 2.24) is 4.90 Å². The van der Waals surface area contributed by atoms with Crippen molar-refractivity contribution in [2.45, 2.75) is 32.9 Å². The van der Waals surface area contributed by atoms with Crippen LogP contribution >= 0.6 is 0 Å². The number of nitrogens with two attached hydrogens (primary N) is 1. The second-order valence-electron chi connectivity index (χ2n) is 5.87. The van der Waals surface area contributed by atoms with Crippen molar-refractivity contribution >= 4 is 0 Å². The summed E-state index contributed by atoms with van der Waals surface area (Å²) in [6, 6.07) is 6.50. The normalized spacial score (nSPS) is 13.9. The van der Waals surface area contributed by atoms with Gasteiger partial charge in [0.1, 0.15) is 18.2 Å². The fourth-order valence-corrected chi connectivity index (χ4v) is 2.36. The third-order valence-corrected chi connectivity index (χ3v) is 3.63. The van der Waals surface area contributed by atoms with E-state index < -0.39 is 0 Å². The summed E-state index contributed by atoms with van der Waals surface area (Å²) >= 11 is 0. The monoisotopic (exact) mass is 332 g/mol. The summed E-state index contributed by atoms with van der Waals surface area (Å²) < 4.78 is 19.0. The van der Waals surface area contributed by atoms with Crippen molar-refractivity contribution in [2.75, 3.05) is 20.2 Å². The van der Waals surface area contributed by atoms with Crippen molar-refractivity contribution in [3.05, 3.63) is 71.8 Å². The zero-order valence-corrected chi connectivity index (χ0v) is 15.0. The van der Waals surface area contributed by atoms with Crippen LogP contribution in [-0.4, -0.2) is 31.1 Å². The van der Waals surface area contributed by atoms with E-state index in [0.717, 1.165) is 23.3 Å². The van der Waals surface area contributed by atoms with Gasteiger partial charge in [0, 0.05) is 13.1 Å². The molecule has 0 bridgehead atoms. The average Bonchev–Trinajstić information content (AvgIpc) is 2.55. The lowest BCUT2D eigenvalue weighted by Crippen LogP contribution is -2.38. The van der Waals surface area contributed by atoms with Gasteiger partial charge in [-0.3, -0.25) is 0 Å². The first-order valence-corrected chi connectivity index (χ1v) is 8.29. The molecule has 0 fully saturated rings. The molecule has 3 nitrogen and oxygen atoms in total. The first kappa shape index (κ1) is 20.1. The molecule has 2 N–H and O–H groups in total. The molecule has 0 heterocycles. The van der Waals surface area contributed by atoms with Crippen LogP contribution in [-0.2, 0) is 11.3 Å². The van der Waals surface area contributed by atoms with Crippen molar-refractivity contribution in [3.8, 4) is 0 Å². The maximum Gasteiger partial charge on any atom is 0.123 e. The Morgan fingerprint density at radius 3 is 2.79 bits per heavy atom. The van der Waals surface area contributed by atoms with E-state index in [9.17, 15) is 4.39 Å².